The second-order valence-electron chi connectivity index (χ2n) is 6.39. The van der Waals surface area contributed by atoms with Gasteiger partial charge in [-0.05, 0) is 48.4 Å². The molecule has 1 fully saturated rings. The Hall–Kier alpha value is -2.14. The lowest BCUT2D eigenvalue weighted by Gasteiger charge is -2.15. The number of amides is 2. The van der Waals surface area contributed by atoms with Gasteiger partial charge in [0.25, 0.3) is 5.91 Å². The van der Waals surface area contributed by atoms with Crippen LogP contribution < -0.4 is 5.32 Å². The number of aryl methyl sites for hydroxylation is 2. The highest BCUT2D eigenvalue weighted by Gasteiger charge is 2.22. The lowest BCUT2D eigenvalue weighted by Crippen LogP contribution is -2.38. The van der Waals surface area contributed by atoms with Gasteiger partial charge in [-0.2, -0.15) is 0 Å². The number of benzene rings is 1. The summed E-state index contributed by atoms with van der Waals surface area (Å²) < 4.78 is 0. The lowest BCUT2D eigenvalue weighted by atomic mass is 9.91. The Kier molecular flexibility index (Phi) is 4.10. The third-order valence-corrected chi connectivity index (χ3v) is 6.03. The number of hydrogen-bond donors (Lipinski definition) is 1. The zero-order chi connectivity index (χ0) is 16.5. The first kappa shape index (κ1) is 15.4. The van der Waals surface area contributed by atoms with E-state index in [1.807, 2.05) is 17.0 Å². The van der Waals surface area contributed by atoms with E-state index < -0.39 is 0 Å². The van der Waals surface area contributed by atoms with Gasteiger partial charge in [-0.25, -0.2) is 0 Å². The molecule has 124 valence electrons. The Morgan fingerprint density at radius 3 is 2.67 bits per heavy atom. The maximum atomic E-state index is 12.4. The number of carbonyl (C=O) groups excluding carboxylic acids is 2. The third kappa shape index (κ3) is 2.84. The first-order valence-corrected chi connectivity index (χ1v) is 9.31. The molecule has 0 unspecified atom stereocenters. The fourth-order valence-corrected chi connectivity index (χ4v) is 4.69. The van der Waals surface area contributed by atoms with E-state index in [1.165, 1.54) is 32.9 Å². The van der Waals surface area contributed by atoms with E-state index in [9.17, 15) is 9.59 Å². The molecule has 2 aliphatic rings. The second kappa shape index (κ2) is 6.40. The predicted octanol–water partition coefficient (Wildman–Crippen LogP) is 2.87. The van der Waals surface area contributed by atoms with Gasteiger partial charge < -0.3 is 10.2 Å². The van der Waals surface area contributed by atoms with Crippen molar-refractivity contribution in [1.82, 2.24) is 10.2 Å². The highest BCUT2D eigenvalue weighted by molar-refractivity contribution is 7.17. The van der Waals surface area contributed by atoms with Crippen LogP contribution in [0.1, 0.15) is 33.6 Å². The molecule has 1 saturated heterocycles. The Labute approximate surface area is 145 Å². The molecule has 24 heavy (non-hydrogen) atoms. The van der Waals surface area contributed by atoms with Gasteiger partial charge >= 0.3 is 0 Å². The van der Waals surface area contributed by atoms with Gasteiger partial charge in [-0.3, -0.25) is 9.59 Å². The van der Waals surface area contributed by atoms with E-state index >= 15 is 0 Å². The summed E-state index contributed by atoms with van der Waals surface area (Å²) in [5.41, 5.74) is 3.84. The maximum absolute atomic E-state index is 12.4. The number of hydrogen-bond acceptors (Lipinski definition) is 3. The van der Waals surface area contributed by atoms with Crippen molar-refractivity contribution in [2.24, 2.45) is 0 Å². The molecule has 2 aromatic rings. The highest BCUT2D eigenvalue weighted by atomic mass is 32.1. The molecule has 0 spiro atoms. The first-order chi connectivity index (χ1) is 11.7. The van der Waals surface area contributed by atoms with E-state index in [-0.39, 0.29) is 18.4 Å². The van der Waals surface area contributed by atoms with Gasteiger partial charge in [-0.15, -0.1) is 11.3 Å². The molecule has 2 heterocycles. The molecular weight excluding hydrogens is 320 g/mol. The summed E-state index contributed by atoms with van der Waals surface area (Å²) in [7, 11) is 0. The Bertz CT molecular complexity index is 790. The van der Waals surface area contributed by atoms with E-state index in [4.69, 9.17) is 0 Å². The van der Waals surface area contributed by atoms with Gasteiger partial charge in [0.05, 0.1) is 11.4 Å². The molecule has 1 N–H and O–H groups in total. The van der Waals surface area contributed by atoms with Crippen LogP contribution >= 0.6 is 11.3 Å². The quantitative estimate of drug-likeness (QED) is 0.934. The van der Waals surface area contributed by atoms with E-state index in [0.29, 0.717) is 4.88 Å². The summed E-state index contributed by atoms with van der Waals surface area (Å²) in [6, 6.07) is 10.4. The smallest absolute Gasteiger partial charge is 0.261 e. The zero-order valence-electron chi connectivity index (χ0n) is 13.5. The van der Waals surface area contributed by atoms with Crippen molar-refractivity contribution >= 4 is 23.2 Å². The van der Waals surface area contributed by atoms with Crippen molar-refractivity contribution in [2.75, 3.05) is 19.6 Å². The number of rotatable bonds is 3. The fraction of sp³-hybridized carbons (Fsp3) is 0.368. The predicted molar refractivity (Wildman–Crippen MR) is 95.3 cm³/mol. The largest absolute Gasteiger partial charge is 0.342 e. The van der Waals surface area contributed by atoms with Crippen LogP contribution in [0.3, 0.4) is 0 Å². The molecule has 0 saturated carbocycles. The molecule has 0 bridgehead atoms. The molecule has 4 nitrogen and oxygen atoms in total. The standard InChI is InChI=1S/C19H20N2O2S/c22-17(21-9-3-4-10-21)12-20-19(23)16-11-14-8-7-13-5-1-2-6-15(13)18(14)24-16/h1-2,5-6,11H,3-4,7-10,12H2,(H,20,23). The molecular formula is C19H20N2O2S. The molecule has 1 aromatic heterocycles. The topological polar surface area (TPSA) is 49.4 Å². The molecule has 4 rings (SSSR count). The number of carbonyl (C=O) groups is 2. The van der Waals surface area contributed by atoms with Crippen LogP contribution in [0.15, 0.2) is 30.3 Å². The Morgan fingerprint density at radius 1 is 1.08 bits per heavy atom. The minimum Gasteiger partial charge on any atom is -0.342 e. The van der Waals surface area contributed by atoms with Crippen molar-refractivity contribution in [3.05, 3.63) is 46.3 Å². The number of nitrogens with zero attached hydrogens (tertiary/aromatic N) is 1. The van der Waals surface area contributed by atoms with Crippen LogP contribution in [0, 0.1) is 0 Å². The van der Waals surface area contributed by atoms with Gasteiger partial charge in [-0.1, -0.05) is 24.3 Å². The van der Waals surface area contributed by atoms with E-state index in [2.05, 4.69) is 23.5 Å². The van der Waals surface area contributed by atoms with Crippen LogP contribution in [-0.2, 0) is 17.6 Å². The number of thiophene rings is 1. The Morgan fingerprint density at radius 2 is 1.83 bits per heavy atom. The second-order valence-corrected chi connectivity index (χ2v) is 7.44. The van der Waals surface area contributed by atoms with Crippen molar-refractivity contribution in [3.63, 3.8) is 0 Å². The summed E-state index contributed by atoms with van der Waals surface area (Å²) in [6.07, 6.45) is 4.13. The van der Waals surface area contributed by atoms with Crippen molar-refractivity contribution in [3.8, 4) is 10.4 Å². The van der Waals surface area contributed by atoms with Gasteiger partial charge in [0.15, 0.2) is 0 Å². The van der Waals surface area contributed by atoms with Crippen LogP contribution in [0.25, 0.3) is 10.4 Å². The van der Waals surface area contributed by atoms with Gasteiger partial charge in [0.1, 0.15) is 0 Å². The van der Waals surface area contributed by atoms with Crippen molar-refractivity contribution in [1.29, 1.82) is 0 Å². The number of nitrogens with one attached hydrogen (secondary N) is 1. The highest BCUT2D eigenvalue weighted by Crippen LogP contribution is 2.39. The molecule has 1 aliphatic heterocycles. The molecule has 5 heteroatoms. The van der Waals surface area contributed by atoms with Crippen LogP contribution in [0.5, 0.6) is 0 Å². The average molecular weight is 340 g/mol. The normalized spacial score (nSPS) is 15.8. The fourth-order valence-electron chi connectivity index (χ4n) is 3.50. The van der Waals surface area contributed by atoms with Crippen LogP contribution in [-0.4, -0.2) is 36.3 Å². The number of fused-ring (bicyclic) bond motifs is 3. The first-order valence-electron chi connectivity index (χ1n) is 8.49. The van der Waals surface area contributed by atoms with E-state index in [1.54, 1.807) is 0 Å². The lowest BCUT2D eigenvalue weighted by molar-refractivity contribution is -0.129. The zero-order valence-corrected chi connectivity index (χ0v) is 14.3. The van der Waals surface area contributed by atoms with Gasteiger partial charge in [0.2, 0.25) is 5.91 Å². The molecule has 0 atom stereocenters. The van der Waals surface area contributed by atoms with Crippen LogP contribution in [0.2, 0.25) is 0 Å². The minimum absolute atomic E-state index is 0.0208. The minimum atomic E-state index is -0.139. The molecule has 1 aliphatic carbocycles. The summed E-state index contributed by atoms with van der Waals surface area (Å²) in [6.45, 7) is 1.73. The van der Waals surface area contributed by atoms with Crippen molar-refractivity contribution < 1.29 is 9.59 Å². The van der Waals surface area contributed by atoms with Crippen LogP contribution in [0.4, 0.5) is 0 Å². The summed E-state index contributed by atoms with van der Waals surface area (Å²) in [5, 5.41) is 2.79. The molecule has 0 radical (unpaired) electrons. The van der Waals surface area contributed by atoms with Gasteiger partial charge in [0, 0.05) is 18.0 Å². The summed E-state index contributed by atoms with van der Waals surface area (Å²) >= 11 is 1.53. The third-order valence-electron chi connectivity index (χ3n) is 4.82. The Balaban J connectivity index is 1.47. The molecule has 2 amide bonds. The van der Waals surface area contributed by atoms with Crippen molar-refractivity contribution in [2.45, 2.75) is 25.7 Å². The average Bonchev–Trinajstić information content (AvgIpc) is 3.28. The SMILES string of the molecule is O=C(NCC(=O)N1CCCC1)c1cc2c(s1)-c1ccccc1CC2. The monoisotopic (exact) mass is 340 g/mol. The summed E-state index contributed by atoms with van der Waals surface area (Å²) in [4.78, 5) is 28.2. The summed E-state index contributed by atoms with van der Waals surface area (Å²) in [5.74, 6) is -0.119. The molecule has 1 aromatic carbocycles. The van der Waals surface area contributed by atoms with E-state index in [0.717, 1.165) is 38.8 Å². The maximum Gasteiger partial charge on any atom is 0.261 e. The number of likely N-dealkylation sites (tertiary alicyclic amines) is 1.